The molecule has 0 heterocycles. The fraction of sp³-hybridized carbons (Fsp3) is 0.364. The van der Waals surface area contributed by atoms with E-state index in [0.717, 1.165) is 5.56 Å². The summed E-state index contributed by atoms with van der Waals surface area (Å²) in [6.45, 7) is 7.77. The first kappa shape index (κ1) is 18.1. The van der Waals surface area contributed by atoms with Gasteiger partial charge in [-0.2, -0.15) is 0 Å². The number of carbonyl (C=O) groups is 2. The Morgan fingerprint density at radius 3 is 1.88 bits per heavy atom. The Morgan fingerprint density at radius 2 is 1.38 bits per heavy atom. The van der Waals surface area contributed by atoms with Gasteiger partial charge >= 0.3 is 0 Å². The smallest absolute Gasteiger partial charge is 0.163 e. The average molecular weight is 322 g/mol. The molecule has 0 saturated carbocycles. The van der Waals surface area contributed by atoms with Crippen LogP contribution in [0.3, 0.4) is 0 Å². The lowest BCUT2D eigenvalue weighted by atomic mass is 9.67. The number of Topliss-reactive ketones (excluding diaryl/α,β-unsaturated/α-hetero) is 2. The number of benzene rings is 2. The summed E-state index contributed by atoms with van der Waals surface area (Å²) in [4.78, 5) is 25.5. The first-order valence-electron chi connectivity index (χ1n) is 8.51. The highest BCUT2D eigenvalue weighted by Gasteiger charge is 2.39. The van der Waals surface area contributed by atoms with E-state index in [4.69, 9.17) is 0 Å². The molecule has 24 heavy (non-hydrogen) atoms. The van der Waals surface area contributed by atoms with Gasteiger partial charge in [0, 0.05) is 29.2 Å². The Labute approximate surface area is 144 Å². The summed E-state index contributed by atoms with van der Waals surface area (Å²) in [7, 11) is 0. The lowest BCUT2D eigenvalue weighted by Gasteiger charge is -2.34. The fourth-order valence-electron chi connectivity index (χ4n) is 3.32. The molecule has 0 bridgehead atoms. The molecule has 0 spiro atoms. The highest BCUT2D eigenvalue weighted by atomic mass is 16.1. The van der Waals surface area contributed by atoms with Gasteiger partial charge in [0.1, 0.15) is 5.78 Å². The van der Waals surface area contributed by atoms with Gasteiger partial charge in [-0.15, -0.1) is 0 Å². The lowest BCUT2D eigenvalue weighted by Crippen LogP contribution is -2.35. The maximum Gasteiger partial charge on any atom is 0.163 e. The molecule has 0 radical (unpaired) electrons. The summed E-state index contributed by atoms with van der Waals surface area (Å²) < 4.78 is 0. The molecule has 0 aliphatic rings. The number of carbonyl (C=O) groups excluding carboxylic acids is 2. The van der Waals surface area contributed by atoms with E-state index in [-0.39, 0.29) is 23.4 Å². The van der Waals surface area contributed by atoms with Crippen LogP contribution in [0.1, 0.15) is 56.0 Å². The molecule has 0 amide bonds. The molecule has 2 heteroatoms. The monoisotopic (exact) mass is 322 g/mol. The molecule has 0 N–H and O–H groups in total. The molecule has 2 nitrogen and oxygen atoms in total. The molecular formula is C22H26O2. The van der Waals surface area contributed by atoms with Gasteiger partial charge in [0.05, 0.1) is 0 Å². The van der Waals surface area contributed by atoms with E-state index in [2.05, 4.69) is 0 Å². The van der Waals surface area contributed by atoms with Gasteiger partial charge in [-0.25, -0.2) is 0 Å². The van der Waals surface area contributed by atoms with Crippen molar-refractivity contribution in [2.75, 3.05) is 0 Å². The third-order valence-electron chi connectivity index (χ3n) is 4.72. The zero-order valence-electron chi connectivity index (χ0n) is 15.0. The molecule has 1 unspecified atom stereocenters. The summed E-state index contributed by atoms with van der Waals surface area (Å²) >= 11 is 0. The second kappa shape index (κ2) is 7.57. The van der Waals surface area contributed by atoms with Gasteiger partial charge < -0.3 is 0 Å². The van der Waals surface area contributed by atoms with E-state index in [1.165, 1.54) is 0 Å². The van der Waals surface area contributed by atoms with Crippen molar-refractivity contribution in [3.8, 4) is 0 Å². The van der Waals surface area contributed by atoms with Gasteiger partial charge in [0.15, 0.2) is 5.78 Å². The van der Waals surface area contributed by atoms with Crippen LogP contribution in [0.2, 0.25) is 0 Å². The quantitative estimate of drug-likeness (QED) is 0.649. The predicted octanol–water partition coefficient (Wildman–Crippen LogP) is 5.29. The topological polar surface area (TPSA) is 34.1 Å². The van der Waals surface area contributed by atoms with Crippen molar-refractivity contribution in [3.63, 3.8) is 0 Å². The molecule has 0 aliphatic heterocycles. The van der Waals surface area contributed by atoms with Crippen molar-refractivity contribution >= 4 is 11.6 Å². The lowest BCUT2D eigenvalue weighted by molar-refractivity contribution is -0.131. The van der Waals surface area contributed by atoms with E-state index >= 15 is 0 Å². The maximum absolute atomic E-state index is 12.8. The average Bonchev–Trinajstić information content (AvgIpc) is 2.60. The van der Waals surface area contributed by atoms with E-state index in [1.54, 1.807) is 0 Å². The minimum absolute atomic E-state index is 0.0574. The van der Waals surface area contributed by atoms with E-state index in [9.17, 15) is 9.59 Å². The van der Waals surface area contributed by atoms with Crippen LogP contribution >= 0.6 is 0 Å². The van der Waals surface area contributed by atoms with Crippen LogP contribution in [0, 0.1) is 11.3 Å². The highest BCUT2D eigenvalue weighted by molar-refractivity contribution is 5.97. The molecule has 2 aromatic rings. The van der Waals surface area contributed by atoms with Crippen molar-refractivity contribution in [2.45, 2.75) is 40.0 Å². The van der Waals surface area contributed by atoms with Gasteiger partial charge in [0.25, 0.3) is 0 Å². The number of hydrogen-bond acceptors (Lipinski definition) is 2. The summed E-state index contributed by atoms with van der Waals surface area (Å²) in [5.41, 5.74) is 1.15. The molecule has 0 saturated heterocycles. The number of rotatable bonds is 7. The van der Waals surface area contributed by atoms with Crippen LogP contribution in [-0.4, -0.2) is 11.6 Å². The second-order valence-corrected chi connectivity index (χ2v) is 7.20. The molecular weight excluding hydrogens is 296 g/mol. The van der Waals surface area contributed by atoms with Crippen molar-refractivity contribution in [3.05, 3.63) is 71.8 Å². The Hall–Kier alpha value is -2.22. The zero-order valence-corrected chi connectivity index (χ0v) is 15.0. The van der Waals surface area contributed by atoms with Crippen molar-refractivity contribution in [1.82, 2.24) is 0 Å². The van der Waals surface area contributed by atoms with Crippen molar-refractivity contribution < 1.29 is 9.59 Å². The zero-order chi connectivity index (χ0) is 17.7. The molecule has 0 aliphatic carbocycles. The third-order valence-corrected chi connectivity index (χ3v) is 4.72. The van der Waals surface area contributed by atoms with E-state index in [1.807, 2.05) is 88.4 Å². The summed E-state index contributed by atoms with van der Waals surface area (Å²) in [6.07, 6.45) is 0.333. The first-order valence-corrected chi connectivity index (χ1v) is 8.51. The molecule has 2 rings (SSSR count). The van der Waals surface area contributed by atoms with Crippen LogP contribution in [0.4, 0.5) is 0 Å². The van der Waals surface area contributed by atoms with Crippen molar-refractivity contribution in [1.29, 1.82) is 0 Å². The Bertz CT molecular complexity index is 684. The fourth-order valence-corrected chi connectivity index (χ4v) is 3.32. The summed E-state index contributed by atoms with van der Waals surface area (Å²) in [5, 5.41) is 0. The van der Waals surface area contributed by atoms with Crippen LogP contribution in [0.5, 0.6) is 0 Å². The molecule has 126 valence electrons. The van der Waals surface area contributed by atoms with Crippen LogP contribution in [-0.2, 0) is 4.79 Å². The standard InChI is InChI=1S/C22H26O2/c1-16(2)21(24)22(3,4)19(17-11-7-5-8-12-17)15-20(23)18-13-9-6-10-14-18/h5-14,16,19H,15H2,1-4H3. The third kappa shape index (κ3) is 4.00. The minimum atomic E-state index is -0.597. The maximum atomic E-state index is 12.8. The largest absolute Gasteiger partial charge is 0.299 e. The van der Waals surface area contributed by atoms with Gasteiger partial charge in [0.2, 0.25) is 0 Å². The van der Waals surface area contributed by atoms with E-state index in [0.29, 0.717) is 12.0 Å². The Balaban J connectivity index is 2.37. The number of hydrogen-bond donors (Lipinski definition) is 0. The summed E-state index contributed by atoms with van der Waals surface area (Å²) in [6, 6.07) is 19.2. The summed E-state index contributed by atoms with van der Waals surface area (Å²) in [5.74, 6) is 0.0747. The second-order valence-electron chi connectivity index (χ2n) is 7.20. The Kier molecular flexibility index (Phi) is 5.71. The van der Waals surface area contributed by atoms with Crippen molar-refractivity contribution in [2.24, 2.45) is 11.3 Å². The van der Waals surface area contributed by atoms with E-state index < -0.39 is 5.41 Å². The molecule has 2 aromatic carbocycles. The van der Waals surface area contributed by atoms with Gasteiger partial charge in [-0.05, 0) is 5.56 Å². The van der Waals surface area contributed by atoms with Crippen LogP contribution in [0.25, 0.3) is 0 Å². The van der Waals surface area contributed by atoms with Crippen LogP contribution < -0.4 is 0 Å². The normalized spacial score (nSPS) is 12.9. The molecule has 1 atom stereocenters. The van der Waals surface area contributed by atoms with Crippen LogP contribution in [0.15, 0.2) is 60.7 Å². The predicted molar refractivity (Wildman–Crippen MR) is 98.2 cm³/mol. The number of ketones is 2. The molecule has 0 fully saturated rings. The first-order chi connectivity index (χ1) is 11.3. The van der Waals surface area contributed by atoms with Gasteiger partial charge in [-0.1, -0.05) is 88.4 Å². The van der Waals surface area contributed by atoms with Gasteiger partial charge in [-0.3, -0.25) is 9.59 Å². The SMILES string of the molecule is CC(C)C(=O)C(C)(C)C(CC(=O)c1ccccc1)c1ccccc1. The highest BCUT2D eigenvalue weighted by Crippen LogP contribution is 2.41. The Morgan fingerprint density at radius 1 is 0.875 bits per heavy atom. The molecule has 0 aromatic heterocycles. The minimum Gasteiger partial charge on any atom is -0.299 e.